The van der Waals surface area contributed by atoms with Gasteiger partial charge in [-0.3, -0.25) is 4.79 Å². The number of hydrogen-bond acceptors (Lipinski definition) is 3. The molecule has 0 fully saturated rings. The van der Waals surface area contributed by atoms with Gasteiger partial charge in [0.15, 0.2) is 0 Å². The Morgan fingerprint density at radius 3 is 3.13 bits per heavy atom. The molecule has 0 bridgehead atoms. The predicted octanol–water partition coefficient (Wildman–Crippen LogP) is 0.0533. The molecule has 1 amide bonds. The first-order valence-corrected chi connectivity index (χ1v) is 5.20. The maximum atomic E-state index is 11.5. The monoisotopic (exact) mass is 210 g/mol. The van der Waals surface area contributed by atoms with E-state index >= 15 is 0 Å². The maximum absolute atomic E-state index is 11.5. The Morgan fingerprint density at radius 2 is 2.53 bits per heavy atom. The van der Waals surface area contributed by atoms with Crippen LogP contribution in [0.15, 0.2) is 12.4 Å². The lowest BCUT2D eigenvalue weighted by Gasteiger charge is -2.10. The van der Waals surface area contributed by atoms with E-state index < -0.39 is 0 Å². The molecular formula is C10H18N4O. The first kappa shape index (κ1) is 11.7. The summed E-state index contributed by atoms with van der Waals surface area (Å²) in [6.07, 6.45) is 4.93. The molecule has 0 aliphatic carbocycles. The third-order valence-electron chi connectivity index (χ3n) is 2.26. The lowest BCUT2D eigenvalue weighted by molar-refractivity contribution is -0.124. The number of carbonyl (C=O) groups is 1. The van der Waals surface area contributed by atoms with Crippen LogP contribution in [-0.4, -0.2) is 29.0 Å². The second-order valence-electron chi connectivity index (χ2n) is 3.56. The summed E-state index contributed by atoms with van der Waals surface area (Å²) in [5.74, 6) is 0.945. The van der Waals surface area contributed by atoms with Gasteiger partial charge in [-0.15, -0.1) is 0 Å². The largest absolute Gasteiger partial charge is 0.355 e. The Morgan fingerprint density at radius 1 is 1.73 bits per heavy atom. The van der Waals surface area contributed by atoms with Crippen LogP contribution in [0.5, 0.6) is 0 Å². The van der Waals surface area contributed by atoms with Gasteiger partial charge in [0, 0.05) is 31.3 Å². The molecule has 0 saturated heterocycles. The van der Waals surface area contributed by atoms with Crippen molar-refractivity contribution in [2.75, 3.05) is 13.1 Å². The van der Waals surface area contributed by atoms with E-state index in [0.29, 0.717) is 13.1 Å². The number of nitrogens with two attached hydrogens (primary N) is 1. The predicted molar refractivity (Wildman–Crippen MR) is 58.1 cm³/mol. The smallest absolute Gasteiger partial charge is 0.222 e. The van der Waals surface area contributed by atoms with E-state index in [2.05, 4.69) is 15.3 Å². The van der Waals surface area contributed by atoms with Crippen molar-refractivity contribution >= 4 is 5.91 Å². The van der Waals surface area contributed by atoms with E-state index in [-0.39, 0.29) is 11.8 Å². The van der Waals surface area contributed by atoms with E-state index in [4.69, 9.17) is 5.73 Å². The second-order valence-corrected chi connectivity index (χ2v) is 3.56. The molecule has 0 saturated carbocycles. The zero-order valence-electron chi connectivity index (χ0n) is 8.99. The van der Waals surface area contributed by atoms with Crippen molar-refractivity contribution in [2.24, 2.45) is 11.7 Å². The van der Waals surface area contributed by atoms with Gasteiger partial charge in [-0.1, -0.05) is 6.92 Å². The van der Waals surface area contributed by atoms with Crippen molar-refractivity contribution in [3.05, 3.63) is 18.2 Å². The van der Waals surface area contributed by atoms with Gasteiger partial charge < -0.3 is 16.0 Å². The van der Waals surface area contributed by atoms with Gasteiger partial charge in [0.1, 0.15) is 5.82 Å². The Kier molecular flexibility index (Phi) is 4.83. The molecule has 4 N–H and O–H groups in total. The van der Waals surface area contributed by atoms with Crippen molar-refractivity contribution in [3.63, 3.8) is 0 Å². The van der Waals surface area contributed by atoms with Crippen molar-refractivity contribution < 1.29 is 4.79 Å². The molecule has 0 aromatic carbocycles. The zero-order valence-corrected chi connectivity index (χ0v) is 8.99. The van der Waals surface area contributed by atoms with Crippen LogP contribution < -0.4 is 11.1 Å². The molecule has 1 unspecified atom stereocenters. The highest BCUT2D eigenvalue weighted by Gasteiger charge is 2.10. The highest BCUT2D eigenvalue weighted by molar-refractivity contribution is 5.78. The molecule has 0 spiro atoms. The third-order valence-corrected chi connectivity index (χ3v) is 2.26. The fourth-order valence-corrected chi connectivity index (χ4v) is 1.29. The van der Waals surface area contributed by atoms with Gasteiger partial charge in [0.2, 0.25) is 5.91 Å². The maximum Gasteiger partial charge on any atom is 0.222 e. The minimum atomic E-state index is -0.00778. The molecule has 84 valence electrons. The number of amides is 1. The normalized spacial score (nSPS) is 12.4. The molecule has 1 aromatic rings. The van der Waals surface area contributed by atoms with Crippen LogP contribution in [0.4, 0.5) is 0 Å². The average Bonchev–Trinajstić information content (AvgIpc) is 2.71. The molecule has 0 aliphatic rings. The summed E-state index contributed by atoms with van der Waals surface area (Å²) < 4.78 is 0. The highest BCUT2D eigenvalue weighted by Crippen LogP contribution is 1.99. The van der Waals surface area contributed by atoms with Crippen LogP contribution in [-0.2, 0) is 11.2 Å². The van der Waals surface area contributed by atoms with E-state index in [1.54, 1.807) is 12.4 Å². The molecule has 0 radical (unpaired) electrons. The first-order valence-electron chi connectivity index (χ1n) is 5.20. The van der Waals surface area contributed by atoms with Crippen molar-refractivity contribution in [1.82, 2.24) is 15.3 Å². The van der Waals surface area contributed by atoms with E-state index in [0.717, 1.165) is 18.7 Å². The fraction of sp³-hybridized carbons (Fsp3) is 0.600. The third kappa shape index (κ3) is 4.12. The summed E-state index contributed by atoms with van der Waals surface area (Å²) in [4.78, 5) is 18.5. The summed E-state index contributed by atoms with van der Waals surface area (Å²) in [6, 6.07) is 0. The fourth-order valence-electron chi connectivity index (χ4n) is 1.29. The van der Waals surface area contributed by atoms with Crippen molar-refractivity contribution in [2.45, 2.75) is 19.8 Å². The van der Waals surface area contributed by atoms with Crippen LogP contribution in [0.2, 0.25) is 0 Å². The van der Waals surface area contributed by atoms with Gasteiger partial charge >= 0.3 is 0 Å². The van der Waals surface area contributed by atoms with Crippen LogP contribution >= 0.6 is 0 Å². The molecule has 5 heteroatoms. The first-order chi connectivity index (χ1) is 7.24. The molecule has 15 heavy (non-hydrogen) atoms. The topological polar surface area (TPSA) is 83.8 Å². The summed E-state index contributed by atoms with van der Waals surface area (Å²) in [7, 11) is 0. The number of nitrogens with zero attached hydrogens (tertiary/aromatic N) is 1. The number of H-pyrrole nitrogens is 1. The lowest BCUT2D eigenvalue weighted by atomic mass is 10.1. The van der Waals surface area contributed by atoms with Gasteiger partial charge in [-0.2, -0.15) is 0 Å². The Bertz CT molecular complexity index is 284. The Labute approximate surface area is 89.5 Å². The minimum absolute atomic E-state index is 0.00778. The Balaban J connectivity index is 2.17. The Hall–Kier alpha value is -1.36. The summed E-state index contributed by atoms with van der Waals surface area (Å²) >= 11 is 0. The number of hydrogen-bond donors (Lipinski definition) is 3. The molecule has 1 aromatic heterocycles. The lowest BCUT2D eigenvalue weighted by Crippen LogP contribution is -2.32. The number of aromatic amines is 1. The van der Waals surface area contributed by atoms with Crippen LogP contribution in [0.25, 0.3) is 0 Å². The highest BCUT2D eigenvalue weighted by atomic mass is 16.1. The summed E-state index contributed by atoms with van der Waals surface area (Å²) in [6.45, 7) is 3.04. The number of imidazole rings is 1. The van der Waals surface area contributed by atoms with Crippen LogP contribution in [0, 0.1) is 5.92 Å². The molecule has 5 nitrogen and oxygen atoms in total. The van der Waals surface area contributed by atoms with Crippen LogP contribution in [0.1, 0.15) is 19.2 Å². The minimum Gasteiger partial charge on any atom is -0.355 e. The number of nitrogens with one attached hydrogen (secondary N) is 2. The quantitative estimate of drug-likeness (QED) is 0.620. The molecule has 1 heterocycles. The van der Waals surface area contributed by atoms with Crippen molar-refractivity contribution in [1.29, 1.82) is 0 Å². The SMILES string of the molecule is CC(CCN)C(=O)NCCc1ncc[nH]1. The van der Waals surface area contributed by atoms with Gasteiger partial charge in [-0.05, 0) is 13.0 Å². The van der Waals surface area contributed by atoms with E-state index in [9.17, 15) is 4.79 Å². The van der Waals surface area contributed by atoms with Gasteiger partial charge in [0.25, 0.3) is 0 Å². The second kappa shape index (κ2) is 6.19. The molecule has 0 aliphatic heterocycles. The number of rotatable bonds is 6. The summed E-state index contributed by atoms with van der Waals surface area (Å²) in [5, 5.41) is 2.85. The van der Waals surface area contributed by atoms with Gasteiger partial charge in [0.05, 0.1) is 0 Å². The van der Waals surface area contributed by atoms with Crippen molar-refractivity contribution in [3.8, 4) is 0 Å². The molecular weight excluding hydrogens is 192 g/mol. The van der Waals surface area contributed by atoms with E-state index in [1.807, 2.05) is 6.92 Å². The standard InChI is InChI=1S/C10H18N4O/c1-8(2-4-11)10(15)14-5-3-9-12-6-7-13-9/h6-8H,2-5,11H2,1H3,(H,12,13)(H,14,15). The summed E-state index contributed by atoms with van der Waals surface area (Å²) in [5.41, 5.74) is 5.38. The average molecular weight is 210 g/mol. The van der Waals surface area contributed by atoms with E-state index in [1.165, 1.54) is 0 Å². The number of carbonyl (C=O) groups excluding carboxylic acids is 1. The van der Waals surface area contributed by atoms with Gasteiger partial charge in [-0.25, -0.2) is 4.98 Å². The zero-order chi connectivity index (χ0) is 11.1. The molecule has 1 atom stereocenters. The number of aromatic nitrogens is 2. The van der Waals surface area contributed by atoms with Crippen LogP contribution in [0.3, 0.4) is 0 Å². The molecule has 1 rings (SSSR count).